The van der Waals surface area contributed by atoms with Crippen LogP contribution >= 0.6 is 23.4 Å². The number of aryl methyl sites for hydroxylation is 1. The number of rotatable bonds is 2. The summed E-state index contributed by atoms with van der Waals surface area (Å²) >= 11 is 7.37. The lowest BCUT2D eigenvalue weighted by Gasteiger charge is -1.97. The molecule has 0 bridgehead atoms. The molecule has 1 heterocycles. The van der Waals surface area contributed by atoms with E-state index >= 15 is 0 Å². The summed E-state index contributed by atoms with van der Waals surface area (Å²) in [4.78, 5) is 10.9. The Kier molecular flexibility index (Phi) is 3.81. The summed E-state index contributed by atoms with van der Waals surface area (Å²) in [6.07, 6.45) is 1.57. The zero-order valence-corrected chi connectivity index (χ0v) is 10.7. The number of benzene rings is 1. The van der Waals surface area contributed by atoms with Crippen molar-refractivity contribution in [3.05, 3.63) is 34.3 Å². The molecule has 4 nitrogen and oxygen atoms in total. The number of halogens is 1. The lowest BCUT2D eigenvalue weighted by Crippen LogP contribution is -2.19. The lowest BCUT2D eigenvalue weighted by molar-refractivity contribution is -0.116. The molecule has 1 aromatic rings. The van der Waals surface area contributed by atoms with E-state index < -0.39 is 0 Å². The number of nitrogens with zero attached hydrogens (tertiary/aromatic N) is 2. The number of hydrogen-bond donors (Lipinski definition) is 1. The van der Waals surface area contributed by atoms with Gasteiger partial charge in [0.15, 0.2) is 5.17 Å². The van der Waals surface area contributed by atoms with E-state index in [4.69, 9.17) is 11.6 Å². The molecule has 6 heteroatoms. The van der Waals surface area contributed by atoms with E-state index in [9.17, 15) is 4.79 Å². The van der Waals surface area contributed by atoms with Gasteiger partial charge in [-0.1, -0.05) is 35.5 Å². The monoisotopic (exact) mass is 267 g/mol. The summed E-state index contributed by atoms with van der Waals surface area (Å²) in [5, 5.41) is 11.5. The second kappa shape index (κ2) is 5.33. The Morgan fingerprint density at radius 3 is 3.00 bits per heavy atom. The van der Waals surface area contributed by atoms with Crippen LogP contribution in [0.2, 0.25) is 5.02 Å². The highest BCUT2D eigenvalue weighted by Gasteiger charge is 2.15. The van der Waals surface area contributed by atoms with Crippen LogP contribution in [0.15, 0.2) is 28.4 Å². The first kappa shape index (κ1) is 12.1. The van der Waals surface area contributed by atoms with Crippen LogP contribution in [0, 0.1) is 6.92 Å². The molecule has 17 heavy (non-hydrogen) atoms. The third kappa shape index (κ3) is 3.31. The number of carbonyl (C=O) groups is 1. The average molecular weight is 268 g/mol. The smallest absolute Gasteiger partial charge is 0.236 e. The van der Waals surface area contributed by atoms with E-state index in [1.165, 1.54) is 11.8 Å². The van der Waals surface area contributed by atoms with E-state index in [-0.39, 0.29) is 5.91 Å². The Balaban J connectivity index is 2.08. The average Bonchev–Trinajstić information content (AvgIpc) is 2.68. The third-order valence-corrected chi connectivity index (χ3v) is 3.28. The maximum absolute atomic E-state index is 10.9. The molecule has 0 aliphatic carbocycles. The number of amides is 1. The summed E-state index contributed by atoms with van der Waals surface area (Å²) in [6.45, 7) is 1.97. The van der Waals surface area contributed by atoms with E-state index in [0.29, 0.717) is 15.9 Å². The zero-order chi connectivity index (χ0) is 12.3. The molecule has 1 N–H and O–H groups in total. The second-order valence-corrected chi connectivity index (χ2v) is 4.88. The van der Waals surface area contributed by atoms with Crippen LogP contribution in [0.5, 0.6) is 0 Å². The molecule has 0 aromatic heterocycles. The summed E-state index contributed by atoms with van der Waals surface area (Å²) in [5.41, 5.74) is 1.90. The van der Waals surface area contributed by atoms with E-state index in [1.54, 1.807) is 6.21 Å². The van der Waals surface area contributed by atoms with Crippen molar-refractivity contribution < 1.29 is 4.79 Å². The van der Waals surface area contributed by atoms with Crippen LogP contribution in [-0.2, 0) is 4.79 Å². The first-order valence-electron chi connectivity index (χ1n) is 4.95. The van der Waals surface area contributed by atoms with Crippen LogP contribution in [0.1, 0.15) is 11.1 Å². The predicted octanol–water partition coefficient (Wildman–Crippen LogP) is 2.20. The number of nitrogens with one attached hydrogen (secondary N) is 1. The van der Waals surface area contributed by atoms with Crippen molar-refractivity contribution in [2.75, 3.05) is 5.75 Å². The van der Waals surface area contributed by atoms with Gasteiger partial charge in [0.2, 0.25) is 5.91 Å². The van der Waals surface area contributed by atoms with Gasteiger partial charge < -0.3 is 5.32 Å². The molecule has 0 saturated carbocycles. The van der Waals surface area contributed by atoms with Crippen molar-refractivity contribution in [1.82, 2.24) is 5.32 Å². The minimum Gasteiger partial charge on any atom is -0.303 e. The predicted molar refractivity (Wildman–Crippen MR) is 71.8 cm³/mol. The van der Waals surface area contributed by atoms with Gasteiger partial charge in [0, 0.05) is 10.6 Å². The molecule has 0 unspecified atom stereocenters. The molecular weight excluding hydrogens is 258 g/mol. The molecule has 0 radical (unpaired) electrons. The van der Waals surface area contributed by atoms with Gasteiger partial charge in [-0.2, -0.15) is 5.10 Å². The molecular formula is C11H10ClN3OS. The highest BCUT2D eigenvalue weighted by atomic mass is 35.5. The Bertz CT molecular complexity index is 513. The molecule has 1 aliphatic heterocycles. The van der Waals surface area contributed by atoms with Gasteiger partial charge in [-0.05, 0) is 18.6 Å². The quantitative estimate of drug-likeness (QED) is 0.660. The second-order valence-electron chi connectivity index (χ2n) is 3.51. The largest absolute Gasteiger partial charge is 0.303 e. The molecule has 0 atom stereocenters. The van der Waals surface area contributed by atoms with E-state index in [2.05, 4.69) is 15.5 Å². The SMILES string of the molecule is Cc1ccc(C=NN=C2NC(=O)CS2)c(Cl)c1. The maximum atomic E-state index is 10.9. The highest BCUT2D eigenvalue weighted by Crippen LogP contribution is 2.15. The minimum absolute atomic E-state index is 0.0441. The van der Waals surface area contributed by atoms with Crippen molar-refractivity contribution in [2.45, 2.75) is 6.92 Å². The van der Waals surface area contributed by atoms with Crippen molar-refractivity contribution in [1.29, 1.82) is 0 Å². The minimum atomic E-state index is -0.0441. The summed E-state index contributed by atoms with van der Waals surface area (Å²) in [5.74, 6) is 0.358. The standard InChI is InChI=1S/C11H10ClN3OS/c1-7-2-3-8(9(12)4-7)5-13-15-11-14-10(16)6-17-11/h2-5H,6H2,1H3,(H,14,15,16). The van der Waals surface area contributed by atoms with Gasteiger partial charge in [0.25, 0.3) is 0 Å². The van der Waals surface area contributed by atoms with Gasteiger partial charge in [-0.3, -0.25) is 4.79 Å². The molecule has 1 amide bonds. The van der Waals surface area contributed by atoms with E-state index in [1.807, 2.05) is 25.1 Å². The van der Waals surface area contributed by atoms with E-state index in [0.717, 1.165) is 11.1 Å². The molecule has 1 saturated heterocycles. The summed E-state index contributed by atoms with van der Waals surface area (Å²) < 4.78 is 0. The Hall–Kier alpha value is -1.33. The fourth-order valence-electron chi connectivity index (χ4n) is 1.26. The van der Waals surface area contributed by atoms with Crippen molar-refractivity contribution in [2.24, 2.45) is 10.2 Å². The van der Waals surface area contributed by atoms with Gasteiger partial charge >= 0.3 is 0 Å². The van der Waals surface area contributed by atoms with Crippen molar-refractivity contribution >= 4 is 40.7 Å². The Morgan fingerprint density at radius 2 is 2.35 bits per heavy atom. The van der Waals surface area contributed by atoms with Gasteiger partial charge in [0.05, 0.1) is 12.0 Å². The number of hydrogen-bond acceptors (Lipinski definition) is 4. The molecule has 0 spiro atoms. The number of carbonyl (C=O) groups excluding carboxylic acids is 1. The highest BCUT2D eigenvalue weighted by molar-refractivity contribution is 8.15. The van der Waals surface area contributed by atoms with Crippen LogP contribution in [0.25, 0.3) is 0 Å². The third-order valence-electron chi connectivity index (χ3n) is 2.09. The van der Waals surface area contributed by atoms with Crippen LogP contribution in [0.3, 0.4) is 0 Å². The summed E-state index contributed by atoms with van der Waals surface area (Å²) in [7, 11) is 0. The molecule has 1 aliphatic rings. The van der Waals surface area contributed by atoms with Gasteiger partial charge in [-0.15, -0.1) is 5.10 Å². The van der Waals surface area contributed by atoms with Crippen molar-refractivity contribution in [3.63, 3.8) is 0 Å². The first-order chi connectivity index (χ1) is 8.15. The van der Waals surface area contributed by atoms with Gasteiger partial charge in [0.1, 0.15) is 0 Å². The molecule has 2 rings (SSSR count). The van der Waals surface area contributed by atoms with Crippen LogP contribution < -0.4 is 5.32 Å². The number of amidine groups is 1. The zero-order valence-electron chi connectivity index (χ0n) is 9.11. The lowest BCUT2D eigenvalue weighted by atomic mass is 10.2. The number of thioether (sulfide) groups is 1. The topological polar surface area (TPSA) is 53.8 Å². The Morgan fingerprint density at radius 1 is 1.53 bits per heavy atom. The molecule has 88 valence electrons. The maximum Gasteiger partial charge on any atom is 0.236 e. The van der Waals surface area contributed by atoms with Gasteiger partial charge in [-0.25, -0.2) is 0 Å². The normalized spacial score (nSPS) is 18.0. The van der Waals surface area contributed by atoms with Crippen LogP contribution in [0.4, 0.5) is 0 Å². The van der Waals surface area contributed by atoms with Crippen molar-refractivity contribution in [3.8, 4) is 0 Å². The fraction of sp³-hybridized carbons (Fsp3) is 0.182. The first-order valence-corrected chi connectivity index (χ1v) is 6.31. The molecule has 1 aromatic carbocycles. The molecule has 1 fully saturated rings. The fourth-order valence-corrected chi connectivity index (χ4v) is 2.17. The summed E-state index contributed by atoms with van der Waals surface area (Å²) in [6, 6.07) is 5.69. The van der Waals surface area contributed by atoms with Crippen LogP contribution in [-0.4, -0.2) is 23.0 Å². The Labute approximate surface area is 108 Å².